The van der Waals surface area contributed by atoms with Crippen molar-refractivity contribution in [2.75, 3.05) is 13.2 Å². The number of hydrogen-bond donors (Lipinski definition) is 0. The van der Waals surface area contributed by atoms with Gasteiger partial charge in [-0.3, -0.25) is 0 Å². The average molecular weight is 246 g/mol. The second-order valence-corrected chi connectivity index (χ2v) is 4.34. The fraction of sp³-hybridized carbons (Fsp3) is 0.400. The topological polar surface area (TPSA) is 38.8 Å². The smallest absolute Gasteiger partial charge is 0.330 e. The molecule has 1 aromatic rings. The van der Waals surface area contributed by atoms with Crippen molar-refractivity contribution in [1.29, 1.82) is 0 Å². The molecule has 2 rings (SSSR count). The van der Waals surface area contributed by atoms with Crippen LogP contribution in [0.1, 0.15) is 12.5 Å². The highest BCUT2D eigenvalue weighted by Gasteiger charge is 2.31. The Hall–Kier alpha value is -1.61. The predicted molar refractivity (Wildman–Crippen MR) is 69.1 cm³/mol. The van der Waals surface area contributed by atoms with Crippen LogP contribution in [-0.4, -0.2) is 25.3 Å². The molecule has 1 aliphatic heterocycles. The first-order chi connectivity index (χ1) is 8.79. The molecule has 1 aliphatic rings. The molecule has 0 aromatic heterocycles. The maximum atomic E-state index is 11.3. The van der Waals surface area contributed by atoms with Crippen molar-refractivity contribution in [3.05, 3.63) is 48.0 Å². The Morgan fingerprint density at radius 3 is 2.83 bits per heavy atom. The van der Waals surface area contributed by atoms with Crippen LogP contribution in [0.15, 0.2) is 42.5 Å². The van der Waals surface area contributed by atoms with Crippen molar-refractivity contribution < 1.29 is 14.3 Å². The van der Waals surface area contributed by atoms with Gasteiger partial charge in [0.1, 0.15) is 0 Å². The SMILES string of the molecule is CCOC(=O)C=C[C@@H](Cc1ccccc1)[C@@H]1CO1. The van der Waals surface area contributed by atoms with E-state index in [9.17, 15) is 4.79 Å². The third-order valence-corrected chi connectivity index (χ3v) is 2.92. The van der Waals surface area contributed by atoms with Gasteiger partial charge in [0.25, 0.3) is 0 Å². The van der Waals surface area contributed by atoms with Crippen LogP contribution < -0.4 is 0 Å². The molecule has 2 atom stereocenters. The van der Waals surface area contributed by atoms with E-state index in [2.05, 4.69) is 12.1 Å². The first-order valence-corrected chi connectivity index (χ1v) is 6.30. The quantitative estimate of drug-likeness (QED) is 0.439. The van der Waals surface area contributed by atoms with Gasteiger partial charge in [-0.1, -0.05) is 36.4 Å². The van der Waals surface area contributed by atoms with Crippen molar-refractivity contribution in [3.63, 3.8) is 0 Å². The summed E-state index contributed by atoms with van der Waals surface area (Å²) in [5.74, 6) is -0.0342. The van der Waals surface area contributed by atoms with Gasteiger partial charge in [-0.05, 0) is 18.9 Å². The standard InChI is InChI=1S/C15H18O3/c1-2-17-15(16)9-8-13(14-11-18-14)10-12-6-4-3-5-7-12/h3-9,13-14H,2,10-11H2,1H3/t13-,14-/m0/s1. The van der Waals surface area contributed by atoms with Crippen LogP contribution in [0.25, 0.3) is 0 Å². The number of carbonyl (C=O) groups is 1. The van der Waals surface area contributed by atoms with Gasteiger partial charge in [0.2, 0.25) is 0 Å². The van der Waals surface area contributed by atoms with Crippen molar-refractivity contribution in [3.8, 4) is 0 Å². The molecular weight excluding hydrogens is 228 g/mol. The van der Waals surface area contributed by atoms with Crippen molar-refractivity contribution in [1.82, 2.24) is 0 Å². The molecule has 0 saturated carbocycles. The minimum atomic E-state index is -0.281. The zero-order chi connectivity index (χ0) is 12.8. The number of benzene rings is 1. The lowest BCUT2D eigenvalue weighted by molar-refractivity contribution is -0.137. The molecule has 0 aliphatic carbocycles. The number of hydrogen-bond acceptors (Lipinski definition) is 3. The molecule has 1 aromatic carbocycles. The fourth-order valence-electron chi connectivity index (χ4n) is 1.90. The lowest BCUT2D eigenvalue weighted by Crippen LogP contribution is -2.10. The van der Waals surface area contributed by atoms with Crippen LogP contribution in [0, 0.1) is 5.92 Å². The molecule has 0 radical (unpaired) electrons. The molecule has 1 heterocycles. The Balaban J connectivity index is 1.94. The number of rotatable bonds is 6. The highest BCUT2D eigenvalue weighted by atomic mass is 16.6. The van der Waals surface area contributed by atoms with Gasteiger partial charge >= 0.3 is 5.97 Å². The van der Waals surface area contributed by atoms with Crippen LogP contribution in [0.2, 0.25) is 0 Å². The minimum Gasteiger partial charge on any atom is -0.463 e. The van der Waals surface area contributed by atoms with E-state index in [0.29, 0.717) is 6.61 Å². The minimum absolute atomic E-state index is 0.246. The van der Waals surface area contributed by atoms with Gasteiger partial charge in [-0.15, -0.1) is 0 Å². The maximum absolute atomic E-state index is 11.3. The van der Waals surface area contributed by atoms with E-state index in [1.54, 1.807) is 6.92 Å². The van der Waals surface area contributed by atoms with Gasteiger partial charge in [-0.25, -0.2) is 4.79 Å². The number of ether oxygens (including phenoxy) is 2. The molecule has 0 amide bonds. The second kappa shape index (κ2) is 6.36. The Kier molecular flexibility index (Phi) is 4.53. The summed E-state index contributed by atoms with van der Waals surface area (Å²) in [6.45, 7) is 2.99. The highest BCUT2D eigenvalue weighted by molar-refractivity contribution is 5.81. The molecule has 0 spiro atoms. The maximum Gasteiger partial charge on any atom is 0.330 e. The Bertz CT molecular complexity index is 407. The van der Waals surface area contributed by atoms with Crippen LogP contribution >= 0.6 is 0 Å². The third kappa shape index (κ3) is 4.00. The van der Waals surface area contributed by atoms with Crippen molar-refractivity contribution in [2.45, 2.75) is 19.4 Å². The Morgan fingerprint density at radius 2 is 2.22 bits per heavy atom. The normalized spacial score (nSPS) is 19.7. The number of esters is 1. The van der Waals surface area contributed by atoms with E-state index < -0.39 is 0 Å². The lowest BCUT2D eigenvalue weighted by Gasteiger charge is -2.09. The number of epoxide rings is 1. The summed E-state index contributed by atoms with van der Waals surface area (Å²) in [7, 11) is 0. The van der Waals surface area contributed by atoms with Crippen molar-refractivity contribution >= 4 is 5.97 Å². The third-order valence-electron chi connectivity index (χ3n) is 2.92. The Morgan fingerprint density at radius 1 is 1.50 bits per heavy atom. The van der Waals surface area contributed by atoms with E-state index in [4.69, 9.17) is 9.47 Å². The average Bonchev–Trinajstić information content (AvgIpc) is 3.20. The van der Waals surface area contributed by atoms with E-state index in [1.807, 2.05) is 24.3 Å². The molecule has 3 heteroatoms. The van der Waals surface area contributed by atoms with E-state index in [0.717, 1.165) is 13.0 Å². The van der Waals surface area contributed by atoms with Crippen LogP contribution in [0.3, 0.4) is 0 Å². The summed E-state index contributed by atoms with van der Waals surface area (Å²) in [5.41, 5.74) is 1.26. The summed E-state index contributed by atoms with van der Waals surface area (Å²) >= 11 is 0. The van der Waals surface area contributed by atoms with Gasteiger partial charge in [-0.2, -0.15) is 0 Å². The molecule has 18 heavy (non-hydrogen) atoms. The molecular formula is C15H18O3. The summed E-state index contributed by atoms with van der Waals surface area (Å²) in [5, 5.41) is 0. The van der Waals surface area contributed by atoms with E-state index >= 15 is 0 Å². The highest BCUT2D eigenvalue weighted by Crippen LogP contribution is 2.25. The molecule has 3 nitrogen and oxygen atoms in total. The lowest BCUT2D eigenvalue weighted by atomic mass is 9.96. The van der Waals surface area contributed by atoms with E-state index in [1.165, 1.54) is 11.6 Å². The van der Waals surface area contributed by atoms with Gasteiger partial charge in [0, 0.05) is 12.0 Å². The molecule has 0 N–H and O–H groups in total. The van der Waals surface area contributed by atoms with Crippen molar-refractivity contribution in [2.24, 2.45) is 5.92 Å². The molecule has 1 fully saturated rings. The largest absolute Gasteiger partial charge is 0.463 e. The number of carbonyl (C=O) groups excluding carboxylic acids is 1. The molecule has 96 valence electrons. The van der Waals surface area contributed by atoms with Gasteiger partial charge in [0.05, 0.1) is 19.3 Å². The fourth-order valence-corrected chi connectivity index (χ4v) is 1.90. The van der Waals surface area contributed by atoms with Gasteiger partial charge < -0.3 is 9.47 Å². The molecule has 0 unspecified atom stereocenters. The van der Waals surface area contributed by atoms with Crippen LogP contribution in [0.5, 0.6) is 0 Å². The molecule has 1 saturated heterocycles. The van der Waals surface area contributed by atoms with Crippen LogP contribution in [-0.2, 0) is 20.7 Å². The first-order valence-electron chi connectivity index (χ1n) is 6.30. The first kappa shape index (κ1) is 12.8. The predicted octanol–water partition coefficient (Wildman–Crippen LogP) is 2.36. The second-order valence-electron chi connectivity index (χ2n) is 4.34. The summed E-state index contributed by atoms with van der Waals surface area (Å²) in [6, 6.07) is 10.2. The monoisotopic (exact) mass is 246 g/mol. The summed E-state index contributed by atoms with van der Waals surface area (Å²) in [4.78, 5) is 11.3. The van der Waals surface area contributed by atoms with Crippen LogP contribution in [0.4, 0.5) is 0 Å². The Labute approximate surface area is 107 Å². The summed E-state index contributed by atoms with van der Waals surface area (Å²) in [6.07, 6.45) is 4.55. The van der Waals surface area contributed by atoms with E-state index in [-0.39, 0.29) is 18.0 Å². The zero-order valence-electron chi connectivity index (χ0n) is 10.5. The molecule has 0 bridgehead atoms. The summed E-state index contributed by atoms with van der Waals surface area (Å²) < 4.78 is 10.2. The zero-order valence-corrected chi connectivity index (χ0v) is 10.5. The van der Waals surface area contributed by atoms with Gasteiger partial charge in [0.15, 0.2) is 0 Å².